The van der Waals surface area contributed by atoms with Crippen molar-refractivity contribution in [2.24, 2.45) is 0 Å². The van der Waals surface area contributed by atoms with Crippen LogP contribution in [0.15, 0.2) is 35.3 Å². The van der Waals surface area contributed by atoms with Crippen LogP contribution in [0.4, 0.5) is 4.39 Å². The van der Waals surface area contributed by atoms with E-state index in [0.717, 1.165) is 0 Å². The first kappa shape index (κ1) is 17.3. The minimum Gasteiger partial charge on any atom is -0.502 e. The molecule has 1 aromatic heterocycles. The van der Waals surface area contributed by atoms with Crippen molar-refractivity contribution < 1.29 is 14.3 Å². The molecule has 2 aromatic rings. The predicted molar refractivity (Wildman–Crippen MR) is 91.9 cm³/mol. The first-order valence-electron chi connectivity index (χ1n) is 7.74. The molecule has 0 fully saturated rings. The van der Waals surface area contributed by atoms with Crippen LogP contribution >= 0.6 is 11.6 Å². The number of aromatic nitrogens is 1. The fourth-order valence-corrected chi connectivity index (χ4v) is 2.93. The summed E-state index contributed by atoms with van der Waals surface area (Å²) in [5, 5.41) is 12.1. The lowest BCUT2D eigenvalue weighted by Crippen LogP contribution is -2.55. The lowest BCUT2D eigenvalue weighted by molar-refractivity contribution is 0.0627. The number of nitrogens with zero attached hydrogens (tertiary/aromatic N) is 3. The highest BCUT2D eigenvalue weighted by Gasteiger charge is 2.33. The van der Waals surface area contributed by atoms with Gasteiger partial charge in [0, 0.05) is 28.9 Å². The van der Waals surface area contributed by atoms with Crippen molar-refractivity contribution in [1.29, 1.82) is 0 Å². The highest BCUT2D eigenvalue weighted by molar-refractivity contribution is 6.30. The quantitative estimate of drug-likeness (QED) is 0.906. The van der Waals surface area contributed by atoms with Gasteiger partial charge in [0.1, 0.15) is 12.5 Å². The molecule has 0 saturated heterocycles. The maximum Gasteiger partial charge on any atom is 0.278 e. The zero-order chi connectivity index (χ0) is 18.3. The molecule has 1 aliphatic heterocycles. The number of fused-ring (bicyclic) bond motifs is 1. The molecule has 0 spiro atoms. The second kappa shape index (κ2) is 6.40. The summed E-state index contributed by atoms with van der Waals surface area (Å²) in [6.07, 6.45) is 1.40. The standard InChI is InChI=1S/C17H17ClFN3O3/c1-10(2)21-9-20(8-11-3-4-12(18)7-13(11)19)22-6-5-14(23)16(24)15(22)17(21)25/h3-7,10,24H,8-9H2,1-2H3. The number of rotatable bonds is 3. The van der Waals surface area contributed by atoms with E-state index in [2.05, 4.69) is 0 Å². The predicted octanol–water partition coefficient (Wildman–Crippen LogP) is 2.31. The monoisotopic (exact) mass is 365 g/mol. The highest BCUT2D eigenvalue weighted by atomic mass is 35.5. The maximum absolute atomic E-state index is 14.2. The molecule has 1 aliphatic rings. The van der Waals surface area contributed by atoms with Gasteiger partial charge in [-0.3, -0.25) is 19.3 Å². The second-order valence-corrected chi connectivity index (χ2v) is 6.57. The van der Waals surface area contributed by atoms with Crippen LogP contribution < -0.4 is 10.4 Å². The van der Waals surface area contributed by atoms with E-state index in [1.165, 1.54) is 27.9 Å². The third-order valence-electron chi connectivity index (χ3n) is 4.13. The summed E-state index contributed by atoms with van der Waals surface area (Å²) >= 11 is 5.78. The molecule has 2 heterocycles. The molecule has 6 nitrogen and oxygen atoms in total. The zero-order valence-corrected chi connectivity index (χ0v) is 14.5. The average Bonchev–Trinajstić information content (AvgIpc) is 2.54. The number of aromatic hydroxyl groups is 1. The van der Waals surface area contributed by atoms with E-state index in [1.54, 1.807) is 17.1 Å². The van der Waals surface area contributed by atoms with Crippen molar-refractivity contribution in [3.8, 4) is 5.75 Å². The molecular weight excluding hydrogens is 349 g/mol. The Morgan fingerprint density at radius 3 is 2.64 bits per heavy atom. The van der Waals surface area contributed by atoms with Gasteiger partial charge in [-0.15, -0.1) is 0 Å². The van der Waals surface area contributed by atoms with Crippen molar-refractivity contribution in [3.05, 3.63) is 62.8 Å². The van der Waals surface area contributed by atoms with Crippen molar-refractivity contribution in [2.75, 3.05) is 11.7 Å². The van der Waals surface area contributed by atoms with Crippen molar-refractivity contribution in [2.45, 2.75) is 26.4 Å². The largest absolute Gasteiger partial charge is 0.502 e. The minimum absolute atomic E-state index is 0.123. The Morgan fingerprint density at radius 1 is 1.28 bits per heavy atom. The lowest BCUT2D eigenvalue weighted by Gasteiger charge is -2.41. The van der Waals surface area contributed by atoms with Crippen molar-refractivity contribution in [3.63, 3.8) is 0 Å². The van der Waals surface area contributed by atoms with Crippen LogP contribution in [0.2, 0.25) is 5.02 Å². The van der Waals surface area contributed by atoms with Crippen LogP contribution in [0.25, 0.3) is 0 Å². The molecule has 0 radical (unpaired) electrons. The summed E-state index contributed by atoms with van der Waals surface area (Å²) in [6, 6.07) is 5.38. The van der Waals surface area contributed by atoms with E-state index in [-0.39, 0.29) is 24.9 Å². The van der Waals surface area contributed by atoms with Gasteiger partial charge in [0.2, 0.25) is 5.43 Å². The van der Waals surface area contributed by atoms with Gasteiger partial charge in [-0.05, 0) is 26.0 Å². The van der Waals surface area contributed by atoms with E-state index in [0.29, 0.717) is 10.6 Å². The van der Waals surface area contributed by atoms with E-state index >= 15 is 0 Å². The Bertz CT molecular complexity index is 897. The molecule has 1 aromatic carbocycles. The number of pyridine rings is 1. The molecule has 1 amide bonds. The van der Waals surface area contributed by atoms with Gasteiger partial charge in [-0.2, -0.15) is 0 Å². The number of hydrogen-bond acceptors (Lipinski definition) is 4. The topological polar surface area (TPSA) is 65.8 Å². The first-order chi connectivity index (χ1) is 11.8. The molecule has 0 bridgehead atoms. The van der Waals surface area contributed by atoms with Gasteiger partial charge >= 0.3 is 0 Å². The second-order valence-electron chi connectivity index (χ2n) is 6.13. The van der Waals surface area contributed by atoms with Crippen LogP contribution in [0, 0.1) is 5.82 Å². The Labute approximate surface area is 148 Å². The molecule has 1 N–H and O–H groups in total. The molecule has 0 saturated carbocycles. The Kier molecular flexibility index (Phi) is 4.43. The van der Waals surface area contributed by atoms with E-state index in [4.69, 9.17) is 11.6 Å². The summed E-state index contributed by atoms with van der Waals surface area (Å²) in [5.74, 6) is -1.52. The third-order valence-corrected chi connectivity index (χ3v) is 4.36. The molecular formula is C17H17ClFN3O3. The molecule has 25 heavy (non-hydrogen) atoms. The van der Waals surface area contributed by atoms with Gasteiger partial charge in [0.15, 0.2) is 11.4 Å². The fraction of sp³-hybridized carbons (Fsp3) is 0.294. The number of hydrogen-bond donors (Lipinski definition) is 1. The van der Waals surface area contributed by atoms with Crippen molar-refractivity contribution in [1.82, 2.24) is 9.58 Å². The number of amides is 1. The highest BCUT2D eigenvalue weighted by Crippen LogP contribution is 2.23. The zero-order valence-electron chi connectivity index (χ0n) is 13.7. The molecule has 0 aliphatic carbocycles. The summed E-state index contributed by atoms with van der Waals surface area (Å²) < 4.78 is 15.6. The molecule has 0 unspecified atom stereocenters. The molecule has 0 atom stereocenters. The number of carbonyl (C=O) groups excluding carboxylic acids is 1. The Hall–Kier alpha value is -2.54. The summed E-state index contributed by atoms with van der Waals surface area (Å²) in [6.45, 7) is 3.97. The smallest absolute Gasteiger partial charge is 0.278 e. The Morgan fingerprint density at radius 2 is 2.00 bits per heavy atom. The van der Waals surface area contributed by atoms with Crippen LogP contribution in [0.3, 0.4) is 0 Å². The number of halogens is 2. The van der Waals surface area contributed by atoms with Gasteiger partial charge < -0.3 is 10.0 Å². The van der Waals surface area contributed by atoms with Crippen LogP contribution in [-0.4, -0.2) is 33.3 Å². The van der Waals surface area contributed by atoms with Gasteiger partial charge in [0.05, 0.1) is 6.54 Å². The lowest BCUT2D eigenvalue weighted by atomic mass is 10.2. The van der Waals surface area contributed by atoms with Crippen LogP contribution in [0.1, 0.15) is 29.9 Å². The van der Waals surface area contributed by atoms with Crippen LogP contribution in [0.5, 0.6) is 5.75 Å². The van der Waals surface area contributed by atoms with Crippen molar-refractivity contribution >= 4 is 17.5 Å². The Balaban J connectivity index is 2.08. The molecule has 132 valence electrons. The van der Waals surface area contributed by atoms with E-state index in [1.807, 2.05) is 13.8 Å². The maximum atomic E-state index is 14.2. The van der Waals surface area contributed by atoms with E-state index in [9.17, 15) is 19.1 Å². The van der Waals surface area contributed by atoms with E-state index < -0.39 is 22.9 Å². The van der Waals surface area contributed by atoms with Gasteiger partial charge in [-0.1, -0.05) is 17.7 Å². The molecule has 3 rings (SSSR count). The van der Waals surface area contributed by atoms with Crippen LogP contribution in [-0.2, 0) is 6.54 Å². The number of benzene rings is 1. The minimum atomic E-state index is -0.636. The summed E-state index contributed by atoms with van der Waals surface area (Å²) in [5.41, 5.74) is -0.378. The normalized spacial score (nSPS) is 14.2. The summed E-state index contributed by atoms with van der Waals surface area (Å²) in [7, 11) is 0. The molecule has 8 heteroatoms. The van der Waals surface area contributed by atoms with Gasteiger partial charge in [-0.25, -0.2) is 4.39 Å². The SMILES string of the molecule is CC(C)N1CN(Cc2ccc(Cl)cc2F)n2ccc(=O)c(O)c2C1=O. The fourth-order valence-electron chi connectivity index (χ4n) is 2.77. The first-order valence-corrected chi connectivity index (χ1v) is 8.12. The third kappa shape index (κ3) is 3.07. The summed E-state index contributed by atoms with van der Waals surface area (Å²) in [4.78, 5) is 25.9. The van der Waals surface area contributed by atoms with Gasteiger partial charge in [0.25, 0.3) is 5.91 Å². The average molecular weight is 366 g/mol. The number of carbonyl (C=O) groups is 1.